The molecule has 2 atom stereocenters. The Morgan fingerprint density at radius 2 is 2.04 bits per heavy atom. The highest BCUT2D eigenvalue weighted by atomic mass is 16.6. The SMILES string of the molecule is NC1CC(C2CCN(c3ccc([N+](=O)[O-])c4cccnc34)CC2)NN1. The molecule has 132 valence electrons. The molecule has 0 amide bonds. The summed E-state index contributed by atoms with van der Waals surface area (Å²) >= 11 is 0. The highest BCUT2D eigenvalue weighted by molar-refractivity contribution is 5.97. The van der Waals surface area contributed by atoms with Crippen LogP contribution in [0.2, 0.25) is 0 Å². The van der Waals surface area contributed by atoms with E-state index in [1.807, 2.05) is 6.07 Å². The van der Waals surface area contributed by atoms with Crippen LogP contribution in [0.3, 0.4) is 0 Å². The van der Waals surface area contributed by atoms with Crippen LogP contribution in [0, 0.1) is 16.0 Å². The van der Waals surface area contributed by atoms with E-state index in [9.17, 15) is 10.1 Å². The summed E-state index contributed by atoms with van der Waals surface area (Å²) in [7, 11) is 0. The number of rotatable bonds is 3. The van der Waals surface area contributed by atoms with Crippen LogP contribution in [0.25, 0.3) is 10.9 Å². The molecule has 2 aliphatic rings. The highest BCUT2D eigenvalue weighted by Crippen LogP contribution is 2.34. The van der Waals surface area contributed by atoms with Crippen LogP contribution in [-0.4, -0.2) is 35.2 Å². The van der Waals surface area contributed by atoms with Gasteiger partial charge in [-0.05, 0) is 43.4 Å². The number of benzene rings is 1. The van der Waals surface area contributed by atoms with Crippen molar-refractivity contribution in [2.24, 2.45) is 11.7 Å². The number of anilines is 1. The van der Waals surface area contributed by atoms with Crippen LogP contribution in [0.4, 0.5) is 11.4 Å². The molecule has 8 heteroatoms. The van der Waals surface area contributed by atoms with Gasteiger partial charge in [0.1, 0.15) is 5.52 Å². The van der Waals surface area contributed by atoms with Gasteiger partial charge in [0.05, 0.1) is 22.2 Å². The van der Waals surface area contributed by atoms with Crippen LogP contribution in [0.15, 0.2) is 30.5 Å². The summed E-state index contributed by atoms with van der Waals surface area (Å²) in [6, 6.07) is 7.36. The predicted octanol–water partition coefficient (Wildman–Crippen LogP) is 1.51. The Hall–Kier alpha value is -2.29. The van der Waals surface area contributed by atoms with Gasteiger partial charge in [-0.1, -0.05) is 0 Å². The third-order valence-electron chi connectivity index (χ3n) is 5.33. The molecule has 0 spiro atoms. The molecule has 1 aromatic carbocycles. The van der Waals surface area contributed by atoms with Gasteiger partial charge in [-0.15, -0.1) is 0 Å². The molecule has 0 saturated carbocycles. The maximum atomic E-state index is 11.3. The highest BCUT2D eigenvalue weighted by Gasteiger charge is 2.32. The molecule has 1 aromatic heterocycles. The molecule has 0 radical (unpaired) electrons. The predicted molar refractivity (Wildman–Crippen MR) is 96.0 cm³/mol. The second-order valence-electron chi connectivity index (χ2n) is 6.82. The molecule has 4 N–H and O–H groups in total. The lowest BCUT2D eigenvalue weighted by Crippen LogP contribution is -2.43. The Morgan fingerprint density at radius 3 is 2.72 bits per heavy atom. The largest absolute Gasteiger partial charge is 0.370 e. The third-order valence-corrected chi connectivity index (χ3v) is 5.33. The Balaban J connectivity index is 1.55. The molecule has 0 bridgehead atoms. The quantitative estimate of drug-likeness (QED) is 0.573. The molecule has 2 saturated heterocycles. The Kier molecular flexibility index (Phi) is 4.24. The molecule has 8 nitrogen and oxygen atoms in total. The average molecular weight is 342 g/mol. The number of nitrogens with one attached hydrogen (secondary N) is 2. The van der Waals surface area contributed by atoms with Gasteiger partial charge in [0, 0.05) is 31.4 Å². The number of hydrazine groups is 1. The molecule has 2 unspecified atom stereocenters. The van der Waals surface area contributed by atoms with Gasteiger partial charge in [0.15, 0.2) is 0 Å². The van der Waals surface area contributed by atoms with Gasteiger partial charge in [0.25, 0.3) is 5.69 Å². The first-order valence-electron chi connectivity index (χ1n) is 8.67. The van der Waals surface area contributed by atoms with E-state index >= 15 is 0 Å². The second-order valence-corrected chi connectivity index (χ2v) is 6.82. The second kappa shape index (κ2) is 6.55. The normalized spacial score (nSPS) is 24.8. The topological polar surface area (TPSA) is 109 Å². The zero-order valence-electron chi connectivity index (χ0n) is 13.9. The summed E-state index contributed by atoms with van der Waals surface area (Å²) in [5.74, 6) is 0.592. The number of fused-ring (bicyclic) bond motifs is 1. The molecule has 2 fully saturated rings. The van der Waals surface area contributed by atoms with Gasteiger partial charge in [-0.25, -0.2) is 5.43 Å². The molecule has 2 aliphatic heterocycles. The van der Waals surface area contributed by atoms with Gasteiger partial charge in [-0.3, -0.25) is 20.5 Å². The van der Waals surface area contributed by atoms with E-state index in [-0.39, 0.29) is 16.8 Å². The molecular formula is C17H22N6O2. The number of non-ortho nitro benzene ring substituents is 1. The van der Waals surface area contributed by atoms with E-state index in [2.05, 4.69) is 20.7 Å². The lowest BCUT2D eigenvalue weighted by molar-refractivity contribution is -0.383. The summed E-state index contributed by atoms with van der Waals surface area (Å²) in [4.78, 5) is 17.6. The molecular weight excluding hydrogens is 320 g/mol. The monoisotopic (exact) mass is 342 g/mol. The Labute approximate surface area is 145 Å². The maximum absolute atomic E-state index is 11.3. The van der Waals surface area contributed by atoms with E-state index in [1.54, 1.807) is 24.4 Å². The number of nitro groups is 1. The van der Waals surface area contributed by atoms with Crippen LogP contribution in [0.5, 0.6) is 0 Å². The average Bonchev–Trinajstić information content (AvgIpc) is 3.07. The minimum atomic E-state index is -0.345. The third kappa shape index (κ3) is 3.04. The molecule has 3 heterocycles. The minimum absolute atomic E-state index is 0.0332. The van der Waals surface area contributed by atoms with Crippen molar-refractivity contribution in [1.29, 1.82) is 0 Å². The van der Waals surface area contributed by atoms with Crippen molar-refractivity contribution < 1.29 is 4.92 Å². The standard InChI is InChI=1S/C17H22N6O2/c18-16-10-13(20-21-16)11-5-8-22(9-6-11)15-4-3-14(23(24)25)12-2-1-7-19-17(12)15/h1-4,7,11,13,16,20-21H,5-6,8-10,18H2. The van der Waals surface area contributed by atoms with E-state index in [4.69, 9.17) is 5.73 Å². The van der Waals surface area contributed by atoms with Crippen molar-refractivity contribution >= 4 is 22.3 Å². The maximum Gasteiger partial charge on any atom is 0.278 e. The fourth-order valence-corrected chi connectivity index (χ4v) is 4.02. The lowest BCUT2D eigenvalue weighted by Gasteiger charge is -2.36. The number of nitrogens with two attached hydrogens (primary N) is 1. The summed E-state index contributed by atoms with van der Waals surface area (Å²) in [5.41, 5.74) is 14.1. The fourth-order valence-electron chi connectivity index (χ4n) is 4.02. The summed E-state index contributed by atoms with van der Waals surface area (Å²) < 4.78 is 0. The van der Waals surface area contributed by atoms with Crippen molar-refractivity contribution in [2.45, 2.75) is 31.5 Å². The van der Waals surface area contributed by atoms with Crippen molar-refractivity contribution in [3.8, 4) is 0 Å². The number of nitro benzene ring substituents is 1. The van der Waals surface area contributed by atoms with Crippen LogP contribution < -0.4 is 21.5 Å². The van der Waals surface area contributed by atoms with Gasteiger partial charge >= 0.3 is 0 Å². The molecule has 4 rings (SSSR count). The van der Waals surface area contributed by atoms with Crippen molar-refractivity contribution in [3.63, 3.8) is 0 Å². The lowest BCUT2D eigenvalue weighted by atomic mass is 9.88. The van der Waals surface area contributed by atoms with Gasteiger partial charge in [0.2, 0.25) is 0 Å². The first kappa shape index (κ1) is 16.2. The number of pyridine rings is 1. The van der Waals surface area contributed by atoms with Crippen LogP contribution in [0.1, 0.15) is 19.3 Å². The Morgan fingerprint density at radius 1 is 1.24 bits per heavy atom. The molecule has 2 aromatic rings. The zero-order chi connectivity index (χ0) is 17.4. The fraction of sp³-hybridized carbons (Fsp3) is 0.471. The number of piperidine rings is 1. The zero-order valence-corrected chi connectivity index (χ0v) is 13.9. The first-order valence-corrected chi connectivity index (χ1v) is 8.67. The Bertz CT molecular complexity index is 790. The van der Waals surface area contributed by atoms with Crippen molar-refractivity contribution in [1.82, 2.24) is 15.8 Å². The van der Waals surface area contributed by atoms with Gasteiger partial charge < -0.3 is 10.6 Å². The van der Waals surface area contributed by atoms with Gasteiger partial charge in [-0.2, -0.15) is 0 Å². The number of nitrogens with zero attached hydrogens (tertiary/aromatic N) is 3. The number of hydrogen-bond acceptors (Lipinski definition) is 7. The van der Waals surface area contributed by atoms with E-state index in [0.29, 0.717) is 22.9 Å². The van der Waals surface area contributed by atoms with Crippen molar-refractivity contribution in [2.75, 3.05) is 18.0 Å². The summed E-state index contributed by atoms with van der Waals surface area (Å²) in [6.45, 7) is 1.84. The smallest absolute Gasteiger partial charge is 0.278 e. The number of hydrogen-bond donors (Lipinski definition) is 3. The van der Waals surface area contributed by atoms with E-state index in [1.165, 1.54) is 0 Å². The van der Waals surface area contributed by atoms with Crippen LogP contribution in [-0.2, 0) is 0 Å². The van der Waals surface area contributed by atoms with Crippen LogP contribution >= 0.6 is 0 Å². The minimum Gasteiger partial charge on any atom is -0.370 e. The number of aromatic nitrogens is 1. The van der Waals surface area contributed by atoms with E-state index in [0.717, 1.165) is 38.0 Å². The molecule has 0 aliphatic carbocycles. The first-order chi connectivity index (χ1) is 12.1. The summed E-state index contributed by atoms with van der Waals surface area (Å²) in [6.07, 6.45) is 4.81. The van der Waals surface area contributed by atoms with E-state index < -0.39 is 0 Å². The summed E-state index contributed by atoms with van der Waals surface area (Å²) in [5, 5.41) is 11.9. The van der Waals surface area contributed by atoms with Crippen molar-refractivity contribution in [3.05, 3.63) is 40.6 Å². The molecule has 25 heavy (non-hydrogen) atoms.